The molecule has 0 fully saturated rings. The molecule has 3 rings (SSSR count). The minimum atomic E-state index is -0.319. The van der Waals surface area contributed by atoms with Gasteiger partial charge in [-0.1, -0.05) is 51.0 Å². The summed E-state index contributed by atoms with van der Waals surface area (Å²) >= 11 is 0. The lowest BCUT2D eigenvalue weighted by atomic mass is 10.1. The Morgan fingerprint density at radius 1 is 1.00 bits per heavy atom. The lowest BCUT2D eigenvalue weighted by molar-refractivity contribution is 0.0601. The molecule has 3 aromatic rings. The first-order chi connectivity index (χ1) is 15.7. The van der Waals surface area contributed by atoms with Crippen molar-refractivity contribution in [3.63, 3.8) is 0 Å². The number of hydrogen-bond donors (Lipinski definition) is 0. The van der Waals surface area contributed by atoms with Crippen LogP contribution in [0.1, 0.15) is 55.5 Å². The van der Waals surface area contributed by atoms with Crippen molar-refractivity contribution in [2.75, 3.05) is 26.8 Å². The van der Waals surface area contributed by atoms with Crippen LogP contribution in [0.2, 0.25) is 0 Å². The number of para-hydroxylation sites is 1. The van der Waals surface area contributed by atoms with E-state index in [-0.39, 0.29) is 5.97 Å². The summed E-state index contributed by atoms with van der Waals surface area (Å²) < 4.78 is 13.2. The van der Waals surface area contributed by atoms with E-state index in [1.165, 1.54) is 31.9 Å². The molecule has 0 atom stereocenters. The number of ether oxygens (including phenoxy) is 2. The van der Waals surface area contributed by atoms with Crippen LogP contribution in [0, 0.1) is 0 Å². The van der Waals surface area contributed by atoms with Crippen LogP contribution in [0.3, 0.4) is 0 Å². The van der Waals surface area contributed by atoms with E-state index in [1.807, 2.05) is 24.4 Å². The molecule has 0 saturated heterocycles. The maximum Gasteiger partial charge on any atom is 0.337 e. The number of aromatic nitrogens is 1. The smallest absolute Gasteiger partial charge is 0.337 e. The van der Waals surface area contributed by atoms with Gasteiger partial charge >= 0.3 is 5.97 Å². The van der Waals surface area contributed by atoms with Gasteiger partial charge in [0.2, 0.25) is 0 Å². The SMILES string of the molecule is CCCCCN(CCC)Cc1ccccc1OCCn1ccc2ccc(C(=O)OC)cc21. The van der Waals surface area contributed by atoms with Crippen molar-refractivity contribution >= 4 is 16.9 Å². The zero-order valence-corrected chi connectivity index (χ0v) is 19.7. The topological polar surface area (TPSA) is 43.7 Å². The van der Waals surface area contributed by atoms with Crippen LogP contribution in [-0.4, -0.2) is 42.2 Å². The van der Waals surface area contributed by atoms with Crippen molar-refractivity contribution in [3.8, 4) is 5.75 Å². The molecule has 1 aromatic heterocycles. The van der Waals surface area contributed by atoms with Crippen molar-refractivity contribution in [2.24, 2.45) is 0 Å². The highest BCUT2D eigenvalue weighted by Crippen LogP contribution is 2.22. The summed E-state index contributed by atoms with van der Waals surface area (Å²) in [5, 5.41) is 1.10. The molecule has 172 valence electrons. The van der Waals surface area contributed by atoms with Crippen LogP contribution in [0.5, 0.6) is 5.75 Å². The molecule has 0 bridgehead atoms. The normalized spacial score (nSPS) is 11.2. The molecule has 0 aliphatic heterocycles. The Bertz CT molecular complexity index is 995. The molecule has 0 radical (unpaired) electrons. The summed E-state index contributed by atoms with van der Waals surface area (Å²) in [7, 11) is 1.41. The summed E-state index contributed by atoms with van der Waals surface area (Å²) in [6, 6.07) is 16.1. The van der Waals surface area contributed by atoms with Gasteiger partial charge in [-0.2, -0.15) is 0 Å². The molecule has 0 saturated carbocycles. The van der Waals surface area contributed by atoms with Crippen LogP contribution in [0.4, 0.5) is 0 Å². The molecule has 0 N–H and O–H groups in total. The molecular formula is C27H36N2O3. The van der Waals surface area contributed by atoms with Gasteiger partial charge in [-0.3, -0.25) is 4.90 Å². The fraction of sp³-hybridized carbons (Fsp3) is 0.444. The first-order valence-electron chi connectivity index (χ1n) is 11.8. The molecule has 0 unspecified atom stereocenters. The van der Waals surface area contributed by atoms with Crippen molar-refractivity contribution in [3.05, 3.63) is 65.9 Å². The Hall–Kier alpha value is -2.79. The molecule has 5 heteroatoms. The highest BCUT2D eigenvalue weighted by atomic mass is 16.5. The zero-order chi connectivity index (χ0) is 22.8. The zero-order valence-electron chi connectivity index (χ0n) is 19.7. The average molecular weight is 437 g/mol. The molecular weight excluding hydrogens is 400 g/mol. The molecule has 1 heterocycles. The Labute approximate surface area is 191 Å². The van der Waals surface area contributed by atoms with Crippen LogP contribution >= 0.6 is 0 Å². The number of carbonyl (C=O) groups excluding carboxylic acids is 1. The van der Waals surface area contributed by atoms with Gasteiger partial charge in [0.25, 0.3) is 0 Å². The average Bonchev–Trinajstić information content (AvgIpc) is 3.22. The number of unbranched alkanes of at least 4 members (excludes halogenated alkanes) is 2. The molecule has 0 aliphatic carbocycles. The highest BCUT2D eigenvalue weighted by Gasteiger charge is 2.11. The van der Waals surface area contributed by atoms with Gasteiger partial charge in [-0.05, 0) is 55.6 Å². The Kier molecular flexibility index (Phi) is 9.17. The molecule has 5 nitrogen and oxygen atoms in total. The summed E-state index contributed by atoms with van der Waals surface area (Å²) in [5.74, 6) is 0.635. The van der Waals surface area contributed by atoms with Crippen molar-refractivity contribution < 1.29 is 14.3 Å². The number of methoxy groups -OCH3 is 1. The van der Waals surface area contributed by atoms with Crippen molar-refractivity contribution in [1.82, 2.24) is 9.47 Å². The summed E-state index contributed by atoms with van der Waals surface area (Å²) in [6.07, 6.45) is 6.96. The predicted molar refractivity (Wildman–Crippen MR) is 130 cm³/mol. The van der Waals surface area contributed by atoms with Crippen LogP contribution in [0.25, 0.3) is 10.9 Å². The van der Waals surface area contributed by atoms with E-state index < -0.39 is 0 Å². The predicted octanol–water partition coefficient (Wildman–Crippen LogP) is 5.91. The minimum absolute atomic E-state index is 0.319. The number of rotatable bonds is 13. The molecule has 0 spiro atoms. The summed E-state index contributed by atoms with van der Waals surface area (Å²) in [6.45, 7) is 8.91. The van der Waals surface area contributed by atoms with E-state index in [4.69, 9.17) is 9.47 Å². The van der Waals surface area contributed by atoms with E-state index in [2.05, 4.69) is 47.6 Å². The maximum absolute atomic E-state index is 11.9. The van der Waals surface area contributed by atoms with Gasteiger partial charge in [0.15, 0.2) is 0 Å². The highest BCUT2D eigenvalue weighted by molar-refractivity contribution is 5.94. The lowest BCUT2D eigenvalue weighted by Crippen LogP contribution is -2.25. The summed E-state index contributed by atoms with van der Waals surface area (Å²) in [5.41, 5.74) is 2.81. The van der Waals surface area contributed by atoms with E-state index in [1.54, 1.807) is 6.07 Å². The summed E-state index contributed by atoms with van der Waals surface area (Å²) in [4.78, 5) is 14.4. The van der Waals surface area contributed by atoms with Gasteiger partial charge in [0, 0.05) is 23.8 Å². The Balaban J connectivity index is 1.64. The van der Waals surface area contributed by atoms with Gasteiger partial charge in [0.05, 0.1) is 19.2 Å². The van der Waals surface area contributed by atoms with Gasteiger partial charge < -0.3 is 14.0 Å². The van der Waals surface area contributed by atoms with Gasteiger partial charge in [-0.25, -0.2) is 4.79 Å². The largest absolute Gasteiger partial charge is 0.491 e. The second-order valence-corrected chi connectivity index (χ2v) is 8.21. The third-order valence-electron chi connectivity index (χ3n) is 5.77. The first-order valence-corrected chi connectivity index (χ1v) is 11.8. The maximum atomic E-state index is 11.9. The lowest BCUT2D eigenvalue weighted by Gasteiger charge is -2.23. The van der Waals surface area contributed by atoms with Gasteiger partial charge in [-0.15, -0.1) is 0 Å². The van der Waals surface area contributed by atoms with Gasteiger partial charge in [0.1, 0.15) is 12.4 Å². The standard InChI is InChI=1S/C27H36N2O3/c1-4-6-9-16-28(15-5-2)21-24-10-7-8-11-26(24)32-19-18-29-17-14-22-12-13-23(20-25(22)29)27(30)31-3/h7-8,10-14,17,20H,4-6,9,15-16,18-19,21H2,1-3H3. The number of benzene rings is 2. The third-order valence-corrected chi connectivity index (χ3v) is 5.77. The third kappa shape index (κ3) is 6.36. The van der Waals surface area contributed by atoms with Crippen molar-refractivity contribution in [2.45, 2.75) is 52.6 Å². The van der Waals surface area contributed by atoms with Crippen LogP contribution in [0.15, 0.2) is 54.7 Å². The first kappa shape index (κ1) is 23.9. The van der Waals surface area contributed by atoms with Crippen molar-refractivity contribution in [1.29, 1.82) is 0 Å². The Morgan fingerprint density at radius 2 is 1.84 bits per heavy atom. The van der Waals surface area contributed by atoms with E-state index in [0.29, 0.717) is 18.7 Å². The molecule has 0 amide bonds. The fourth-order valence-corrected chi connectivity index (χ4v) is 4.07. The molecule has 32 heavy (non-hydrogen) atoms. The minimum Gasteiger partial charge on any atom is -0.491 e. The molecule has 0 aliphatic rings. The van der Waals surface area contributed by atoms with E-state index >= 15 is 0 Å². The second kappa shape index (κ2) is 12.3. The number of nitrogens with zero attached hydrogens (tertiary/aromatic N) is 2. The number of fused-ring (bicyclic) bond motifs is 1. The number of hydrogen-bond acceptors (Lipinski definition) is 4. The second-order valence-electron chi connectivity index (χ2n) is 8.21. The van der Waals surface area contributed by atoms with E-state index in [9.17, 15) is 4.79 Å². The number of esters is 1. The number of carbonyl (C=O) groups is 1. The quantitative estimate of drug-likeness (QED) is 0.247. The van der Waals surface area contributed by atoms with E-state index in [0.717, 1.165) is 42.7 Å². The molecule has 2 aromatic carbocycles. The fourth-order valence-electron chi connectivity index (χ4n) is 4.07. The van der Waals surface area contributed by atoms with Crippen LogP contribution in [-0.2, 0) is 17.8 Å². The van der Waals surface area contributed by atoms with Crippen LogP contribution < -0.4 is 4.74 Å². The Morgan fingerprint density at radius 3 is 2.62 bits per heavy atom. The monoisotopic (exact) mass is 436 g/mol.